The Labute approximate surface area is 105 Å². The van der Waals surface area contributed by atoms with Gasteiger partial charge in [0.15, 0.2) is 0 Å². The SMILES string of the molecule is COc1cc(CC(Br)C(N)=O)ccc1Br. The molecule has 15 heavy (non-hydrogen) atoms. The predicted molar refractivity (Wildman–Crippen MR) is 66.3 cm³/mol. The molecule has 2 N–H and O–H groups in total. The lowest BCUT2D eigenvalue weighted by Gasteiger charge is -2.08. The van der Waals surface area contributed by atoms with Crippen molar-refractivity contribution in [1.82, 2.24) is 0 Å². The molecule has 0 aliphatic carbocycles. The van der Waals surface area contributed by atoms with Crippen LogP contribution in [0, 0.1) is 0 Å². The summed E-state index contributed by atoms with van der Waals surface area (Å²) in [4.78, 5) is 10.5. The number of benzene rings is 1. The first-order valence-corrected chi connectivity index (χ1v) is 6.01. The van der Waals surface area contributed by atoms with E-state index in [-0.39, 0.29) is 10.7 Å². The van der Waals surface area contributed by atoms with E-state index in [4.69, 9.17) is 10.5 Å². The van der Waals surface area contributed by atoms with Crippen molar-refractivity contribution in [2.24, 2.45) is 5.73 Å². The highest BCUT2D eigenvalue weighted by Gasteiger charge is 2.12. The average molecular weight is 337 g/mol. The van der Waals surface area contributed by atoms with Crippen molar-refractivity contribution >= 4 is 37.8 Å². The molecule has 82 valence electrons. The number of methoxy groups -OCH3 is 1. The largest absolute Gasteiger partial charge is 0.496 e. The van der Waals surface area contributed by atoms with Gasteiger partial charge in [0.05, 0.1) is 16.4 Å². The lowest BCUT2D eigenvalue weighted by Crippen LogP contribution is -2.24. The number of carbonyl (C=O) groups is 1. The lowest BCUT2D eigenvalue weighted by molar-refractivity contribution is -0.117. The van der Waals surface area contributed by atoms with Gasteiger partial charge in [-0.25, -0.2) is 0 Å². The molecule has 1 atom stereocenters. The van der Waals surface area contributed by atoms with Crippen molar-refractivity contribution in [3.8, 4) is 5.75 Å². The maximum Gasteiger partial charge on any atom is 0.231 e. The summed E-state index contributed by atoms with van der Waals surface area (Å²) in [6.45, 7) is 0. The summed E-state index contributed by atoms with van der Waals surface area (Å²) in [6.07, 6.45) is 0.555. The third-order valence-corrected chi connectivity index (χ3v) is 3.37. The Hall–Kier alpha value is -0.550. The Morgan fingerprint density at radius 3 is 2.80 bits per heavy atom. The third-order valence-electron chi connectivity index (χ3n) is 1.94. The lowest BCUT2D eigenvalue weighted by atomic mass is 10.1. The van der Waals surface area contributed by atoms with E-state index in [9.17, 15) is 4.79 Å². The molecule has 0 aliphatic heterocycles. The van der Waals surface area contributed by atoms with Crippen LogP contribution in [0.25, 0.3) is 0 Å². The molecule has 0 aromatic heterocycles. The summed E-state index contributed by atoms with van der Waals surface area (Å²) in [5.74, 6) is 0.383. The van der Waals surface area contributed by atoms with Gasteiger partial charge in [0.25, 0.3) is 0 Å². The van der Waals surface area contributed by atoms with E-state index >= 15 is 0 Å². The molecule has 0 heterocycles. The number of ether oxygens (including phenoxy) is 1. The molecule has 5 heteroatoms. The Kier molecular flexibility index (Phi) is 4.60. The maximum atomic E-state index is 10.9. The van der Waals surface area contributed by atoms with Gasteiger partial charge in [0.1, 0.15) is 5.75 Å². The van der Waals surface area contributed by atoms with Gasteiger partial charge in [-0.15, -0.1) is 0 Å². The molecule has 1 aromatic rings. The molecule has 0 spiro atoms. The molecule has 0 saturated carbocycles. The van der Waals surface area contributed by atoms with E-state index in [0.717, 1.165) is 15.8 Å². The fourth-order valence-electron chi connectivity index (χ4n) is 1.14. The first kappa shape index (κ1) is 12.5. The standard InChI is InChI=1S/C10H11Br2NO2/c1-15-9-5-6(2-3-7(9)11)4-8(12)10(13)14/h2-3,5,8H,4H2,1H3,(H2,13,14). The van der Waals surface area contributed by atoms with Gasteiger partial charge in [-0.1, -0.05) is 22.0 Å². The molecule has 0 aliphatic rings. The van der Waals surface area contributed by atoms with Crippen LogP contribution in [0.1, 0.15) is 5.56 Å². The summed E-state index contributed by atoms with van der Waals surface area (Å²) in [5, 5.41) is 0. The minimum Gasteiger partial charge on any atom is -0.496 e. The number of primary amides is 1. The molecule has 1 unspecified atom stereocenters. The molecule has 0 saturated heterocycles. The second kappa shape index (κ2) is 5.51. The predicted octanol–water partition coefficient (Wildman–Crippen LogP) is 2.25. The summed E-state index contributed by atoms with van der Waals surface area (Å²) in [7, 11) is 1.60. The molecule has 3 nitrogen and oxygen atoms in total. The Bertz CT molecular complexity index is 368. The van der Waals surface area contributed by atoms with Gasteiger partial charge in [-0.2, -0.15) is 0 Å². The number of hydrogen-bond donors (Lipinski definition) is 1. The normalized spacial score (nSPS) is 12.2. The second-order valence-corrected chi connectivity index (χ2v) is 5.00. The Balaban J connectivity index is 2.83. The number of hydrogen-bond acceptors (Lipinski definition) is 2. The average Bonchev–Trinajstić information content (AvgIpc) is 2.20. The van der Waals surface area contributed by atoms with E-state index < -0.39 is 0 Å². The first-order chi connectivity index (χ1) is 7.04. The van der Waals surface area contributed by atoms with Crippen molar-refractivity contribution in [2.75, 3.05) is 7.11 Å². The number of halogens is 2. The van der Waals surface area contributed by atoms with Crippen LogP contribution in [0.15, 0.2) is 22.7 Å². The highest BCUT2D eigenvalue weighted by atomic mass is 79.9. The zero-order valence-corrected chi connectivity index (χ0v) is 11.3. The van der Waals surface area contributed by atoms with Crippen LogP contribution in [0.5, 0.6) is 5.75 Å². The van der Waals surface area contributed by atoms with Crippen LogP contribution in [0.3, 0.4) is 0 Å². The van der Waals surface area contributed by atoms with Crippen molar-refractivity contribution in [3.63, 3.8) is 0 Å². The van der Waals surface area contributed by atoms with Crippen molar-refractivity contribution in [3.05, 3.63) is 28.2 Å². The molecular weight excluding hydrogens is 326 g/mol. The topological polar surface area (TPSA) is 52.3 Å². The van der Waals surface area contributed by atoms with Crippen LogP contribution in [0.2, 0.25) is 0 Å². The molecular formula is C10H11Br2NO2. The number of nitrogens with two attached hydrogens (primary N) is 1. The smallest absolute Gasteiger partial charge is 0.231 e. The van der Waals surface area contributed by atoms with Gasteiger partial charge in [-0.3, -0.25) is 4.79 Å². The molecule has 0 fully saturated rings. The van der Waals surface area contributed by atoms with E-state index in [2.05, 4.69) is 31.9 Å². The Morgan fingerprint density at radius 1 is 1.60 bits per heavy atom. The molecule has 0 radical (unpaired) electrons. The van der Waals surface area contributed by atoms with Crippen molar-refractivity contribution in [1.29, 1.82) is 0 Å². The number of rotatable bonds is 4. The quantitative estimate of drug-likeness (QED) is 0.857. The summed E-state index contributed by atoms with van der Waals surface area (Å²) < 4.78 is 6.04. The van der Waals surface area contributed by atoms with Crippen LogP contribution < -0.4 is 10.5 Å². The van der Waals surface area contributed by atoms with E-state index in [0.29, 0.717) is 6.42 Å². The summed E-state index contributed by atoms with van der Waals surface area (Å²) in [6, 6.07) is 5.68. The van der Waals surface area contributed by atoms with Crippen LogP contribution in [-0.4, -0.2) is 17.8 Å². The molecule has 0 bridgehead atoms. The first-order valence-electron chi connectivity index (χ1n) is 4.30. The highest BCUT2D eigenvalue weighted by molar-refractivity contribution is 9.10. The third kappa shape index (κ3) is 3.50. The monoisotopic (exact) mass is 335 g/mol. The fourth-order valence-corrected chi connectivity index (χ4v) is 1.92. The maximum absolute atomic E-state index is 10.9. The number of alkyl halides is 1. The van der Waals surface area contributed by atoms with Crippen LogP contribution in [0.4, 0.5) is 0 Å². The minimum atomic E-state index is -0.364. The van der Waals surface area contributed by atoms with Gasteiger partial charge in [-0.05, 0) is 40.0 Å². The molecule has 1 rings (SSSR count). The van der Waals surface area contributed by atoms with Gasteiger partial charge < -0.3 is 10.5 Å². The van der Waals surface area contributed by atoms with Crippen LogP contribution in [-0.2, 0) is 11.2 Å². The van der Waals surface area contributed by atoms with Crippen LogP contribution >= 0.6 is 31.9 Å². The van der Waals surface area contributed by atoms with E-state index in [1.165, 1.54) is 0 Å². The zero-order chi connectivity index (χ0) is 11.4. The van der Waals surface area contributed by atoms with Gasteiger partial charge >= 0.3 is 0 Å². The molecule has 1 amide bonds. The summed E-state index contributed by atoms with van der Waals surface area (Å²) in [5.41, 5.74) is 6.15. The second-order valence-electron chi connectivity index (χ2n) is 3.04. The Morgan fingerprint density at radius 2 is 2.27 bits per heavy atom. The van der Waals surface area contributed by atoms with Gasteiger partial charge in [0, 0.05) is 0 Å². The number of amides is 1. The minimum absolute atomic E-state index is 0.344. The van der Waals surface area contributed by atoms with E-state index in [1.807, 2.05) is 18.2 Å². The van der Waals surface area contributed by atoms with Crippen molar-refractivity contribution < 1.29 is 9.53 Å². The highest BCUT2D eigenvalue weighted by Crippen LogP contribution is 2.26. The fraction of sp³-hybridized carbons (Fsp3) is 0.300. The molecule has 1 aromatic carbocycles. The van der Waals surface area contributed by atoms with E-state index in [1.54, 1.807) is 7.11 Å². The van der Waals surface area contributed by atoms with Crippen molar-refractivity contribution in [2.45, 2.75) is 11.2 Å². The van der Waals surface area contributed by atoms with Gasteiger partial charge in [0.2, 0.25) is 5.91 Å². The summed E-state index contributed by atoms with van der Waals surface area (Å²) >= 11 is 6.57. The zero-order valence-electron chi connectivity index (χ0n) is 8.17. The number of carbonyl (C=O) groups excluding carboxylic acids is 1.